The summed E-state index contributed by atoms with van der Waals surface area (Å²) in [5, 5.41) is 0. The predicted octanol–water partition coefficient (Wildman–Crippen LogP) is 4.00. The first-order valence-corrected chi connectivity index (χ1v) is 6.35. The molecule has 2 nitrogen and oxygen atoms in total. The molecule has 0 saturated heterocycles. The largest absolute Gasteiger partial charge is 0.287 e. The van der Waals surface area contributed by atoms with Gasteiger partial charge in [0.15, 0.2) is 0 Å². The molecule has 2 aromatic rings. The maximum Gasteiger partial charge on any atom is 0.227 e. The van der Waals surface area contributed by atoms with E-state index in [0.29, 0.717) is 0 Å². The fourth-order valence-electron chi connectivity index (χ4n) is 2.47. The van der Waals surface area contributed by atoms with Gasteiger partial charge in [-0.15, -0.1) is 0 Å². The number of aryl methyl sites for hydroxylation is 1. The highest BCUT2D eigenvalue weighted by Crippen LogP contribution is 2.37. The number of carbonyl (C=O) groups excluding carboxylic acids is 1. The van der Waals surface area contributed by atoms with Crippen LogP contribution in [0.1, 0.15) is 18.1 Å². The molecule has 0 fully saturated rings. The zero-order valence-electron chi connectivity index (χ0n) is 11.1. The predicted molar refractivity (Wildman–Crippen MR) is 78.8 cm³/mol. The number of hydrogen-bond donors (Lipinski definition) is 0. The van der Waals surface area contributed by atoms with Crippen LogP contribution in [0.2, 0.25) is 0 Å². The molecule has 0 aromatic heterocycles. The fraction of sp³-hybridized carbons (Fsp3) is 0.118. The van der Waals surface area contributed by atoms with Crippen molar-refractivity contribution in [3.63, 3.8) is 0 Å². The third kappa shape index (κ3) is 1.95. The Hall–Kier alpha value is -2.35. The molecule has 1 aliphatic heterocycles. The van der Waals surface area contributed by atoms with E-state index in [-0.39, 0.29) is 5.91 Å². The van der Waals surface area contributed by atoms with Gasteiger partial charge in [-0.25, -0.2) is 0 Å². The van der Waals surface area contributed by atoms with Gasteiger partial charge in [-0.1, -0.05) is 35.9 Å². The molecule has 2 heteroatoms. The third-order valence-corrected chi connectivity index (χ3v) is 3.40. The lowest BCUT2D eigenvalue weighted by molar-refractivity contribution is -0.115. The van der Waals surface area contributed by atoms with Crippen LogP contribution >= 0.6 is 0 Å². The summed E-state index contributed by atoms with van der Waals surface area (Å²) in [6.45, 7) is 3.66. The summed E-state index contributed by atoms with van der Waals surface area (Å²) in [7, 11) is 0. The fourth-order valence-corrected chi connectivity index (χ4v) is 2.47. The van der Waals surface area contributed by atoms with Crippen LogP contribution in [-0.4, -0.2) is 5.91 Å². The van der Waals surface area contributed by atoms with Gasteiger partial charge in [0, 0.05) is 18.7 Å². The molecule has 0 aliphatic carbocycles. The van der Waals surface area contributed by atoms with Gasteiger partial charge in [0.2, 0.25) is 5.91 Å². The molecule has 1 aliphatic rings. The van der Waals surface area contributed by atoms with Crippen LogP contribution < -0.4 is 4.90 Å². The van der Waals surface area contributed by atoms with Crippen molar-refractivity contribution >= 4 is 17.7 Å². The lowest BCUT2D eigenvalue weighted by Gasteiger charge is -2.19. The van der Waals surface area contributed by atoms with Gasteiger partial charge in [0.1, 0.15) is 0 Å². The minimum Gasteiger partial charge on any atom is -0.287 e. The molecule has 1 heterocycles. The molecule has 3 rings (SSSR count). The number of amides is 1. The Kier molecular flexibility index (Phi) is 2.71. The van der Waals surface area contributed by atoms with Crippen molar-refractivity contribution in [2.45, 2.75) is 13.8 Å². The second kappa shape index (κ2) is 4.39. The Bertz CT molecular complexity index is 685. The Morgan fingerprint density at radius 2 is 1.84 bits per heavy atom. The van der Waals surface area contributed by atoms with Crippen molar-refractivity contribution in [2.24, 2.45) is 0 Å². The number of benzene rings is 2. The van der Waals surface area contributed by atoms with E-state index in [9.17, 15) is 4.79 Å². The molecule has 1 amide bonds. The van der Waals surface area contributed by atoms with Gasteiger partial charge in [-0.05, 0) is 36.3 Å². The third-order valence-electron chi connectivity index (χ3n) is 3.40. The molecular formula is C17H15NO. The SMILES string of the molecule is CC(=O)N1C=Cc2ccccc2-c2cc(C)ccc21. The quantitative estimate of drug-likeness (QED) is 0.691. The summed E-state index contributed by atoms with van der Waals surface area (Å²) in [6.07, 6.45) is 3.84. The second-order valence-electron chi connectivity index (χ2n) is 4.81. The number of fused-ring (bicyclic) bond motifs is 3. The Balaban J connectivity index is 2.33. The summed E-state index contributed by atoms with van der Waals surface area (Å²) in [5.74, 6) is 0.0224. The Morgan fingerprint density at radius 1 is 1.05 bits per heavy atom. The molecule has 0 saturated carbocycles. The van der Waals surface area contributed by atoms with Crippen molar-refractivity contribution < 1.29 is 4.79 Å². The van der Waals surface area contributed by atoms with Crippen LogP contribution in [0.4, 0.5) is 5.69 Å². The summed E-state index contributed by atoms with van der Waals surface area (Å²) >= 11 is 0. The van der Waals surface area contributed by atoms with Gasteiger partial charge in [-0.3, -0.25) is 9.69 Å². The van der Waals surface area contributed by atoms with Crippen molar-refractivity contribution in [1.82, 2.24) is 0 Å². The topological polar surface area (TPSA) is 20.3 Å². The van der Waals surface area contributed by atoms with E-state index < -0.39 is 0 Å². The summed E-state index contributed by atoms with van der Waals surface area (Å²) in [6, 6.07) is 14.4. The molecule has 2 aromatic carbocycles. The number of rotatable bonds is 0. The van der Waals surface area contributed by atoms with Crippen LogP contribution in [0.15, 0.2) is 48.7 Å². The Morgan fingerprint density at radius 3 is 2.63 bits per heavy atom. The van der Waals surface area contributed by atoms with Gasteiger partial charge < -0.3 is 0 Å². The summed E-state index contributed by atoms with van der Waals surface area (Å²) in [5.41, 5.74) is 5.55. The summed E-state index contributed by atoms with van der Waals surface area (Å²) in [4.78, 5) is 13.5. The van der Waals surface area contributed by atoms with E-state index in [4.69, 9.17) is 0 Å². The standard InChI is InChI=1S/C17H15NO/c1-12-7-8-17-16(11-12)15-6-4-3-5-14(15)9-10-18(17)13(2)19/h3-11H,1-2H3. The summed E-state index contributed by atoms with van der Waals surface area (Å²) < 4.78 is 0. The van der Waals surface area contributed by atoms with Crippen LogP contribution in [0.3, 0.4) is 0 Å². The van der Waals surface area contributed by atoms with Gasteiger partial charge >= 0.3 is 0 Å². The molecule has 0 radical (unpaired) electrons. The lowest BCUT2D eigenvalue weighted by atomic mass is 9.97. The minimum absolute atomic E-state index is 0.0224. The highest BCUT2D eigenvalue weighted by Gasteiger charge is 2.18. The zero-order valence-corrected chi connectivity index (χ0v) is 11.1. The molecule has 94 valence electrons. The first-order chi connectivity index (χ1) is 9.16. The van der Waals surface area contributed by atoms with Crippen LogP contribution in [0, 0.1) is 6.92 Å². The van der Waals surface area contributed by atoms with Crippen molar-refractivity contribution in [2.75, 3.05) is 4.90 Å². The molecule has 0 atom stereocenters. The first kappa shape index (κ1) is 11.7. The van der Waals surface area contributed by atoms with Crippen molar-refractivity contribution in [1.29, 1.82) is 0 Å². The molecule has 19 heavy (non-hydrogen) atoms. The van der Waals surface area contributed by atoms with Crippen molar-refractivity contribution in [3.05, 3.63) is 59.8 Å². The van der Waals surface area contributed by atoms with Crippen LogP contribution in [-0.2, 0) is 4.79 Å². The average Bonchev–Trinajstić information content (AvgIpc) is 2.55. The molecular weight excluding hydrogens is 234 g/mol. The minimum atomic E-state index is 0.0224. The molecule has 0 unspecified atom stereocenters. The van der Waals surface area contributed by atoms with E-state index in [1.54, 1.807) is 11.8 Å². The number of nitrogens with zero attached hydrogens (tertiary/aromatic N) is 1. The number of carbonyl (C=O) groups is 1. The molecule has 0 N–H and O–H groups in total. The molecule has 0 spiro atoms. The maximum absolute atomic E-state index is 11.8. The second-order valence-corrected chi connectivity index (χ2v) is 4.81. The van der Waals surface area contributed by atoms with E-state index in [1.165, 1.54) is 11.1 Å². The van der Waals surface area contributed by atoms with E-state index in [0.717, 1.165) is 16.8 Å². The normalized spacial score (nSPS) is 12.6. The van der Waals surface area contributed by atoms with E-state index >= 15 is 0 Å². The van der Waals surface area contributed by atoms with Crippen molar-refractivity contribution in [3.8, 4) is 11.1 Å². The highest BCUT2D eigenvalue weighted by molar-refractivity contribution is 6.01. The van der Waals surface area contributed by atoms with E-state index in [2.05, 4.69) is 25.1 Å². The molecule has 0 bridgehead atoms. The number of anilines is 1. The van der Waals surface area contributed by atoms with E-state index in [1.807, 2.05) is 36.5 Å². The zero-order chi connectivity index (χ0) is 13.4. The van der Waals surface area contributed by atoms with Crippen LogP contribution in [0.25, 0.3) is 17.2 Å². The average molecular weight is 249 g/mol. The lowest BCUT2D eigenvalue weighted by Crippen LogP contribution is -2.21. The van der Waals surface area contributed by atoms with Gasteiger partial charge in [-0.2, -0.15) is 0 Å². The van der Waals surface area contributed by atoms with Gasteiger partial charge in [0.05, 0.1) is 5.69 Å². The highest BCUT2D eigenvalue weighted by atomic mass is 16.2. The first-order valence-electron chi connectivity index (χ1n) is 6.35. The van der Waals surface area contributed by atoms with Crippen LogP contribution in [0.5, 0.6) is 0 Å². The smallest absolute Gasteiger partial charge is 0.227 e. The Labute approximate surface area is 113 Å². The monoisotopic (exact) mass is 249 g/mol. The number of hydrogen-bond acceptors (Lipinski definition) is 1. The van der Waals surface area contributed by atoms with Gasteiger partial charge in [0.25, 0.3) is 0 Å². The maximum atomic E-state index is 11.8.